The number of oxazole rings is 1. The van der Waals surface area contributed by atoms with Gasteiger partial charge in [-0.3, -0.25) is 9.59 Å². The Morgan fingerprint density at radius 3 is 2.85 bits per heavy atom. The first-order valence-corrected chi connectivity index (χ1v) is 6.09. The van der Waals surface area contributed by atoms with E-state index in [2.05, 4.69) is 10.3 Å². The average Bonchev–Trinajstić information content (AvgIpc) is 2.87. The molecule has 104 valence electrons. The minimum absolute atomic E-state index is 0.00717. The number of nitrogens with zero attached hydrogens (tertiary/aromatic N) is 2. The number of amides is 2. The highest BCUT2D eigenvalue weighted by molar-refractivity contribution is 5.94. The van der Waals surface area contributed by atoms with Crippen molar-refractivity contribution in [2.75, 3.05) is 20.6 Å². The number of fused-ring (bicyclic) bond motifs is 1. The van der Waals surface area contributed by atoms with E-state index >= 15 is 0 Å². The molecule has 0 unspecified atom stereocenters. The van der Waals surface area contributed by atoms with E-state index in [1.54, 1.807) is 13.1 Å². The number of para-hydroxylation sites is 2. The first-order valence-electron chi connectivity index (χ1n) is 6.09. The summed E-state index contributed by atoms with van der Waals surface area (Å²) in [5.74, 6) is -0.167. The Balaban J connectivity index is 2.04. The number of hydrogen-bond donors (Lipinski definition) is 1. The Labute approximate surface area is 116 Å². The second kappa shape index (κ2) is 6.01. The van der Waals surface area contributed by atoms with Gasteiger partial charge in [-0.2, -0.15) is 0 Å². The summed E-state index contributed by atoms with van der Waals surface area (Å²) in [5.41, 5.74) is 1.40. The predicted octanol–water partition coefficient (Wildman–Crippen LogP) is 1.05. The molecule has 0 fully saturated rings. The number of benzene rings is 1. The molecule has 1 N–H and O–H groups in total. The zero-order valence-corrected chi connectivity index (χ0v) is 11.3. The van der Waals surface area contributed by atoms with Gasteiger partial charge in [-0.05, 0) is 12.1 Å². The van der Waals surface area contributed by atoms with Gasteiger partial charge in [-0.15, -0.1) is 0 Å². The fourth-order valence-corrected chi connectivity index (χ4v) is 1.60. The maximum absolute atomic E-state index is 11.8. The van der Waals surface area contributed by atoms with Crippen molar-refractivity contribution >= 4 is 29.0 Å². The van der Waals surface area contributed by atoms with Crippen molar-refractivity contribution in [1.29, 1.82) is 0 Å². The molecule has 0 radical (unpaired) electrons. The van der Waals surface area contributed by atoms with Crippen molar-refractivity contribution in [3.63, 3.8) is 0 Å². The molecular weight excluding hydrogens is 258 g/mol. The van der Waals surface area contributed by atoms with E-state index in [0.29, 0.717) is 11.5 Å². The zero-order chi connectivity index (χ0) is 14.5. The van der Waals surface area contributed by atoms with Gasteiger partial charge in [-0.1, -0.05) is 12.1 Å². The third-order valence-electron chi connectivity index (χ3n) is 2.71. The molecule has 0 atom stereocenters. The number of nitrogens with one attached hydrogen (secondary N) is 1. The van der Waals surface area contributed by atoms with E-state index in [1.807, 2.05) is 18.2 Å². The van der Waals surface area contributed by atoms with Crippen molar-refractivity contribution in [3.05, 3.63) is 36.2 Å². The summed E-state index contributed by atoms with van der Waals surface area (Å²) in [7, 11) is 3.07. The average molecular weight is 273 g/mol. The Morgan fingerprint density at radius 1 is 1.40 bits per heavy atom. The molecule has 6 nitrogen and oxygen atoms in total. The molecule has 0 spiro atoms. The van der Waals surface area contributed by atoms with Crippen LogP contribution in [0.5, 0.6) is 0 Å². The zero-order valence-electron chi connectivity index (χ0n) is 11.3. The van der Waals surface area contributed by atoms with Gasteiger partial charge in [0.15, 0.2) is 5.58 Å². The largest absolute Gasteiger partial charge is 0.437 e. The van der Waals surface area contributed by atoms with Crippen LogP contribution in [0.3, 0.4) is 0 Å². The predicted molar refractivity (Wildman–Crippen MR) is 74.7 cm³/mol. The van der Waals surface area contributed by atoms with Crippen molar-refractivity contribution in [2.45, 2.75) is 0 Å². The maximum Gasteiger partial charge on any atom is 0.246 e. The summed E-state index contributed by atoms with van der Waals surface area (Å²) in [6.45, 7) is 0.00717. The Morgan fingerprint density at radius 2 is 2.15 bits per heavy atom. The first-order chi connectivity index (χ1) is 9.60. The molecule has 2 rings (SSSR count). The summed E-state index contributed by atoms with van der Waals surface area (Å²) in [6, 6.07) is 7.35. The number of rotatable bonds is 4. The summed E-state index contributed by atoms with van der Waals surface area (Å²) in [5, 5.41) is 2.45. The van der Waals surface area contributed by atoms with E-state index in [9.17, 15) is 9.59 Å². The molecule has 0 aliphatic carbocycles. The summed E-state index contributed by atoms with van der Waals surface area (Å²) in [6.07, 6.45) is 2.82. The lowest BCUT2D eigenvalue weighted by Crippen LogP contribution is -2.35. The van der Waals surface area contributed by atoms with Gasteiger partial charge in [0, 0.05) is 26.2 Å². The smallest absolute Gasteiger partial charge is 0.246 e. The van der Waals surface area contributed by atoms with Gasteiger partial charge < -0.3 is 14.6 Å². The number of aromatic nitrogens is 1. The van der Waals surface area contributed by atoms with Crippen LogP contribution in [0, 0.1) is 0 Å². The third kappa shape index (κ3) is 3.23. The van der Waals surface area contributed by atoms with Gasteiger partial charge in [0.1, 0.15) is 5.52 Å². The Kier molecular flexibility index (Phi) is 4.14. The van der Waals surface area contributed by atoms with Gasteiger partial charge in [-0.25, -0.2) is 4.98 Å². The number of likely N-dealkylation sites (N-methyl/N-ethyl adjacent to an activating group) is 2. The van der Waals surface area contributed by atoms with Crippen molar-refractivity contribution in [3.8, 4) is 0 Å². The van der Waals surface area contributed by atoms with Crippen LogP contribution >= 0.6 is 0 Å². The summed E-state index contributed by atoms with van der Waals surface area (Å²) >= 11 is 0. The molecule has 0 aliphatic heterocycles. The number of carbonyl (C=O) groups is 2. The van der Waals surface area contributed by atoms with Gasteiger partial charge in [0.2, 0.25) is 17.7 Å². The van der Waals surface area contributed by atoms with Crippen molar-refractivity contribution in [2.24, 2.45) is 0 Å². The van der Waals surface area contributed by atoms with Crippen molar-refractivity contribution in [1.82, 2.24) is 15.2 Å². The Hall–Kier alpha value is -2.63. The standard InChI is InChI=1S/C14H15N3O3/c1-15-12(18)9-17(2)14(19)8-7-13-16-10-5-3-4-6-11(10)20-13/h3-8H,9H2,1-2H3,(H,15,18)/b8-7-. The van der Waals surface area contributed by atoms with Gasteiger partial charge in [0.05, 0.1) is 6.54 Å². The monoisotopic (exact) mass is 273 g/mol. The third-order valence-corrected chi connectivity index (χ3v) is 2.71. The molecular formula is C14H15N3O3. The lowest BCUT2D eigenvalue weighted by Gasteiger charge is -2.13. The number of hydrogen-bond acceptors (Lipinski definition) is 4. The van der Waals surface area contributed by atoms with Crippen LogP contribution in [-0.4, -0.2) is 42.3 Å². The van der Waals surface area contributed by atoms with E-state index in [4.69, 9.17) is 4.42 Å². The molecule has 1 aromatic heterocycles. The minimum Gasteiger partial charge on any atom is -0.437 e. The van der Waals surface area contributed by atoms with Gasteiger partial charge >= 0.3 is 0 Å². The topological polar surface area (TPSA) is 75.4 Å². The molecule has 1 aromatic carbocycles. The van der Waals surface area contributed by atoms with E-state index in [0.717, 1.165) is 5.52 Å². The highest BCUT2D eigenvalue weighted by atomic mass is 16.3. The summed E-state index contributed by atoms with van der Waals surface area (Å²) in [4.78, 5) is 28.5. The molecule has 2 aromatic rings. The highest BCUT2D eigenvalue weighted by Crippen LogP contribution is 2.15. The molecule has 0 saturated heterocycles. The van der Waals surface area contributed by atoms with E-state index < -0.39 is 0 Å². The number of carbonyl (C=O) groups excluding carboxylic acids is 2. The molecule has 0 aliphatic rings. The first kappa shape index (κ1) is 13.8. The lowest BCUT2D eigenvalue weighted by atomic mass is 10.3. The van der Waals surface area contributed by atoms with Crippen LogP contribution in [0.2, 0.25) is 0 Å². The fourth-order valence-electron chi connectivity index (χ4n) is 1.60. The minimum atomic E-state index is -0.296. The molecule has 0 saturated carbocycles. The van der Waals surface area contributed by atoms with Crippen LogP contribution in [-0.2, 0) is 9.59 Å². The van der Waals surface area contributed by atoms with Crippen molar-refractivity contribution < 1.29 is 14.0 Å². The quantitative estimate of drug-likeness (QED) is 0.845. The van der Waals surface area contributed by atoms with Crippen LogP contribution < -0.4 is 5.32 Å². The molecule has 2 amide bonds. The van der Waals surface area contributed by atoms with Crippen LogP contribution in [0.4, 0.5) is 0 Å². The highest BCUT2D eigenvalue weighted by Gasteiger charge is 2.09. The molecule has 20 heavy (non-hydrogen) atoms. The summed E-state index contributed by atoms with van der Waals surface area (Å²) < 4.78 is 5.45. The van der Waals surface area contributed by atoms with Gasteiger partial charge in [0.25, 0.3) is 0 Å². The molecule has 1 heterocycles. The second-order valence-electron chi connectivity index (χ2n) is 4.22. The van der Waals surface area contributed by atoms with Crippen LogP contribution in [0.1, 0.15) is 5.89 Å². The second-order valence-corrected chi connectivity index (χ2v) is 4.22. The SMILES string of the molecule is CNC(=O)CN(C)C(=O)/C=C\c1nc2ccccc2o1. The van der Waals surface area contributed by atoms with E-state index in [-0.39, 0.29) is 18.4 Å². The fraction of sp³-hybridized carbons (Fsp3) is 0.214. The normalized spacial score (nSPS) is 10.9. The Bertz CT molecular complexity index is 627. The van der Waals surface area contributed by atoms with Crippen LogP contribution in [0.25, 0.3) is 17.2 Å². The molecule has 6 heteroatoms. The van der Waals surface area contributed by atoms with E-state index in [1.165, 1.54) is 24.1 Å². The van der Waals surface area contributed by atoms with Crippen LogP contribution in [0.15, 0.2) is 34.8 Å². The lowest BCUT2D eigenvalue weighted by molar-refractivity contribution is -0.130. The molecule has 0 bridgehead atoms. The maximum atomic E-state index is 11.8.